The Morgan fingerprint density at radius 2 is 2.00 bits per heavy atom. The van der Waals surface area contributed by atoms with E-state index in [1.165, 1.54) is 19.2 Å². The van der Waals surface area contributed by atoms with E-state index in [1.54, 1.807) is 7.11 Å². The zero-order valence-corrected chi connectivity index (χ0v) is 11.4. The molecule has 0 bridgehead atoms. The molecule has 0 saturated heterocycles. The summed E-state index contributed by atoms with van der Waals surface area (Å²) in [5.74, 6) is 1.12. The van der Waals surface area contributed by atoms with Gasteiger partial charge in [-0.05, 0) is 31.1 Å². The lowest BCUT2D eigenvalue weighted by atomic mass is 9.75. The molecule has 3 N–H and O–H groups in total. The molecule has 1 fully saturated rings. The fourth-order valence-electron chi connectivity index (χ4n) is 2.39. The molecule has 1 heterocycles. The predicted molar refractivity (Wildman–Crippen MR) is 72.7 cm³/mol. The zero-order chi connectivity index (χ0) is 13.2. The molecular weight excluding hydrogens is 228 g/mol. The van der Waals surface area contributed by atoms with Crippen LogP contribution in [0.1, 0.15) is 39.5 Å². The molecule has 18 heavy (non-hydrogen) atoms. The maximum absolute atomic E-state index is 5.95. The third kappa shape index (κ3) is 2.83. The van der Waals surface area contributed by atoms with E-state index in [-0.39, 0.29) is 0 Å². The maximum atomic E-state index is 5.95. The zero-order valence-electron chi connectivity index (χ0n) is 11.4. The molecule has 0 unspecified atom stereocenters. The molecule has 1 aliphatic carbocycles. The second kappa shape index (κ2) is 5.00. The Morgan fingerprint density at radius 1 is 1.33 bits per heavy atom. The molecule has 1 aliphatic rings. The lowest BCUT2D eigenvalue weighted by Crippen LogP contribution is -2.30. The summed E-state index contributed by atoms with van der Waals surface area (Å²) in [5, 5.41) is 3.41. The van der Waals surface area contributed by atoms with Crippen molar-refractivity contribution in [1.82, 2.24) is 9.97 Å². The van der Waals surface area contributed by atoms with Crippen molar-refractivity contribution < 1.29 is 4.74 Å². The smallest absolute Gasteiger partial charge is 0.242 e. The highest BCUT2D eigenvalue weighted by Gasteiger charge is 2.27. The van der Waals surface area contributed by atoms with Crippen LogP contribution in [0.4, 0.5) is 11.5 Å². The first-order valence-corrected chi connectivity index (χ1v) is 6.43. The number of ether oxygens (including phenoxy) is 1. The van der Waals surface area contributed by atoms with Gasteiger partial charge in [-0.15, -0.1) is 0 Å². The van der Waals surface area contributed by atoms with Crippen molar-refractivity contribution in [3.05, 3.63) is 6.33 Å². The molecular formula is C13H22N4O. The second-order valence-electron chi connectivity index (χ2n) is 5.73. The average molecular weight is 250 g/mol. The number of nitrogens with one attached hydrogen (secondary N) is 1. The number of anilines is 2. The van der Waals surface area contributed by atoms with Crippen LogP contribution in [0.15, 0.2) is 6.33 Å². The summed E-state index contributed by atoms with van der Waals surface area (Å²) in [4.78, 5) is 8.17. The van der Waals surface area contributed by atoms with Crippen molar-refractivity contribution in [1.29, 1.82) is 0 Å². The van der Waals surface area contributed by atoms with Crippen LogP contribution in [0.3, 0.4) is 0 Å². The highest BCUT2D eigenvalue weighted by molar-refractivity contribution is 5.66. The number of methoxy groups -OCH3 is 1. The van der Waals surface area contributed by atoms with Gasteiger partial charge in [0.15, 0.2) is 5.82 Å². The minimum absolute atomic E-state index is 0.434. The average Bonchev–Trinajstić information content (AvgIpc) is 2.34. The topological polar surface area (TPSA) is 73.1 Å². The first kappa shape index (κ1) is 12.9. The van der Waals surface area contributed by atoms with Gasteiger partial charge < -0.3 is 15.8 Å². The Labute approximate surface area is 108 Å². The van der Waals surface area contributed by atoms with E-state index in [0.717, 1.165) is 12.8 Å². The molecule has 0 aliphatic heterocycles. The van der Waals surface area contributed by atoms with Gasteiger partial charge in [0.05, 0.1) is 7.11 Å². The van der Waals surface area contributed by atoms with Crippen LogP contribution in [0, 0.1) is 5.41 Å². The third-order valence-corrected chi connectivity index (χ3v) is 3.72. The molecule has 5 heteroatoms. The van der Waals surface area contributed by atoms with Crippen molar-refractivity contribution >= 4 is 11.5 Å². The second-order valence-corrected chi connectivity index (χ2v) is 5.73. The Balaban J connectivity index is 2.02. The lowest BCUT2D eigenvalue weighted by Gasteiger charge is -2.34. The summed E-state index contributed by atoms with van der Waals surface area (Å²) in [6.45, 7) is 4.65. The Hall–Kier alpha value is -1.52. The van der Waals surface area contributed by atoms with Crippen molar-refractivity contribution in [2.45, 2.75) is 45.6 Å². The van der Waals surface area contributed by atoms with E-state index in [4.69, 9.17) is 10.5 Å². The highest BCUT2D eigenvalue weighted by Crippen LogP contribution is 2.36. The molecule has 0 radical (unpaired) electrons. The number of nitrogens with two attached hydrogens (primary N) is 1. The molecule has 1 aromatic rings. The summed E-state index contributed by atoms with van der Waals surface area (Å²) in [7, 11) is 1.56. The standard InChI is InChI=1S/C13H22N4O/c1-13(2)6-4-9(5-7-13)17-11-10(14)12(18-3)16-8-15-11/h8-9H,4-7,14H2,1-3H3,(H,15,16,17). The molecule has 0 spiro atoms. The summed E-state index contributed by atoms with van der Waals surface area (Å²) in [6.07, 6.45) is 6.24. The van der Waals surface area contributed by atoms with E-state index >= 15 is 0 Å². The van der Waals surface area contributed by atoms with Crippen LogP contribution in [0.5, 0.6) is 5.88 Å². The minimum Gasteiger partial charge on any atom is -0.479 e. The molecule has 1 saturated carbocycles. The van der Waals surface area contributed by atoms with Crippen LogP contribution in [0.25, 0.3) is 0 Å². The van der Waals surface area contributed by atoms with Gasteiger partial charge in [-0.2, -0.15) is 4.98 Å². The third-order valence-electron chi connectivity index (χ3n) is 3.72. The molecule has 100 valence electrons. The van der Waals surface area contributed by atoms with Gasteiger partial charge in [0, 0.05) is 6.04 Å². The largest absolute Gasteiger partial charge is 0.479 e. The van der Waals surface area contributed by atoms with E-state index < -0.39 is 0 Å². The van der Waals surface area contributed by atoms with Gasteiger partial charge in [0.1, 0.15) is 12.0 Å². The molecule has 0 amide bonds. The first-order chi connectivity index (χ1) is 8.52. The molecule has 0 aromatic carbocycles. The van der Waals surface area contributed by atoms with E-state index in [9.17, 15) is 0 Å². The van der Waals surface area contributed by atoms with E-state index in [0.29, 0.717) is 28.8 Å². The number of hydrogen-bond acceptors (Lipinski definition) is 5. The van der Waals surface area contributed by atoms with Crippen LogP contribution < -0.4 is 15.8 Å². The van der Waals surface area contributed by atoms with Gasteiger partial charge in [0.25, 0.3) is 0 Å². The normalized spacial score (nSPS) is 19.5. The quantitative estimate of drug-likeness (QED) is 0.862. The molecule has 5 nitrogen and oxygen atoms in total. The Kier molecular flexibility index (Phi) is 3.59. The number of hydrogen-bond donors (Lipinski definition) is 2. The Bertz CT molecular complexity index is 409. The first-order valence-electron chi connectivity index (χ1n) is 6.43. The molecule has 0 atom stereocenters. The van der Waals surface area contributed by atoms with Gasteiger partial charge in [-0.3, -0.25) is 0 Å². The van der Waals surface area contributed by atoms with E-state index in [2.05, 4.69) is 29.1 Å². The number of aromatic nitrogens is 2. The number of rotatable bonds is 3. The monoisotopic (exact) mass is 250 g/mol. The lowest BCUT2D eigenvalue weighted by molar-refractivity contribution is 0.232. The van der Waals surface area contributed by atoms with Gasteiger partial charge in [0.2, 0.25) is 5.88 Å². The summed E-state index contributed by atoms with van der Waals surface area (Å²) >= 11 is 0. The van der Waals surface area contributed by atoms with Crippen LogP contribution >= 0.6 is 0 Å². The predicted octanol–water partition coefficient (Wildman–Crippen LogP) is 2.45. The van der Waals surface area contributed by atoms with Gasteiger partial charge >= 0.3 is 0 Å². The van der Waals surface area contributed by atoms with E-state index in [1.807, 2.05) is 0 Å². The summed E-state index contributed by atoms with van der Waals surface area (Å²) in [6, 6.07) is 0.444. The minimum atomic E-state index is 0.434. The van der Waals surface area contributed by atoms with Gasteiger partial charge in [-0.1, -0.05) is 13.8 Å². The van der Waals surface area contributed by atoms with Crippen molar-refractivity contribution in [3.63, 3.8) is 0 Å². The SMILES string of the molecule is COc1ncnc(NC2CCC(C)(C)CC2)c1N. The molecule has 2 rings (SSSR count). The van der Waals surface area contributed by atoms with Crippen LogP contribution in [0.2, 0.25) is 0 Å². The fourth-order valence-corrected chi connectivity index (χ4v) is 2.39. The van der Waals surface area contributed by atoms with Gasteiger partial charge in [-0.25, -0.2) is 4.98 Å². The maximum Gasteiger partial charge on any atom is 0.242 e. The van der Waals surface area contributed by atoms with Crippen molar-refractivity contribution in [3.8, 4) is 5.88 Å². The van der Waals surface area contributed by atoms with Crippen LogP contribution in [-0.2, 0) is 0 Å². The highest BCUT2D eigenvalue weighted by atomic mass is 16.5. The Morgan fingerprint density at radius 3 is 2.61 bits per heavy atom. The molecule has 1 aromatic heterocycles. The number of nitrogens with zero attached hydrogens (tertiary/aromatic N) is 2. The van der Waals surface area contributed by atoms with Crippen LogP contribution in [-0.4, -0.2) is 23.1 Å². The number of nitrogen functional groups attached to an aromatic ring is 1. The summed E-state index contributed by atoms with van der Waals surface area (Å²) in [5.41, 5.74) is 6.91. The van der Waals surface area contributed by atoms with Crippen molar-refractivity contribution in [2.75, 3.05) is 18.2 Å². The van der Waals surface area contributed by atoms with Crippen molar-refractivity contribution in [2.24, 2.45) is 5.41 Å². The fraction of sp³-hybridized carbons (Fsp3) is 0.692. The summed E-state index contributed by atoms with van der Waals surface area (Å²) < 4.78 is 5.09.